The Kier molecular flexibility index (Phi) is 3.60. The molecule has 2 nitrogen and oxygen atoms in total. The van der Waals surface area contributed by atoms with Crippen LogP contribution in [0.1, 0.15) is 18.4 Å². The van der Waals surface area contributed by atoms with Crippen LogP contribution in [0.3, 0.4) is 0 Å². The van der Waals surface area contributed by atoms with E-state index in [4.69, 9.17) is 0 Å². The van der Waals surface area contributed by atoms with Gasteiger partial charge in [-0.05, 0) is 35.7 Å². The number of carbonyl (C=O) groups excluding carboxylic acids is 1. The van der Waals surface area contributed by atoms with Crippen LogP contribution in [-0.4, -0.2) is 24.3 Å². The highest BCUT2D eigenvalue weighted by Crippen LogP contribution is 2.22. The van der Waals surface area contributed by atoms with Crippen LogP contribution in [-0.2, 0) is 11.3 Å². The molecule has 0 spiro atoms. The van der Waals surface area contributed by atoms with E-state index >= 15 is 0 Å². The lowest BCUT2D eigenvalue weighted by molar-refractivity contribution is -0.112. The predicted octanol–water partition coefficient (Wildman–Crippen LogP) is 3.25. The van der Waals surface area contributed by atoms with Gasteiger partial charge in [0.1, 0.15) is 6.29 Å². The molecule has 2 heteroatoms. The fraction of sp³-hybridized carbons (Fsp3) is 0.353. The van der Waals surface area contributed by atoms with Crippen molar-refractivity contribution in [3.63, 3.8) is 0 Å². The van der Waals surface area contributed by atoms with Crippen molar-refractivity contribution in [2.75, 3.05) is 13.1 Å². The summed E-state index contributed by atoms with van der Waals surface area (Å²) in [4.78, 5) is 13.4. The Bertz CT molecular complexity index is 573. The Balaban J connectivity index is 1.83. The molecule has 2 aromatic carbocycles. The molecule has 2 aromatic rings. The molecular weight excluding hydrogens is 234 g/mol. The summed E-state index contributed by atoms with van der Waals surface area (Å²) in [5.74, 6) is 0.226. The van der Waals surface area contributed by atoms with E-state index in [9.17, 15) is 4.79 Å². The molecule has 0 aliphatic carbocycles. The minimum atomic E-state index is 0.226. The maximum Gasteiger partial charge on any atom is 0.124 e. The zero-order valence-electron chi connectivity index (χ0n) is 11.1. The van der Waals surface area contributed by atoms with Crippen LogP contribution in [0.4, 0.5) is 0 Å². The highest BCUT2D eigenvalue weighted by atomic mass is 16.1. The van der Waals surface area contributed by atoms with Crippen molar-refractivity contribution in [3.05, 3.63) is 48.0 Å². The van der Waals surface area contributed by atoms with Gasteiger partial charge in [-0.3, -0.25) is 4.90 Å². The van der Waals surface area contributed by atoms with Gasteiger partial charge in [0.25, 0.3) is 0 Å². The monoisotopic (exact) mass is 253 g/mol. The van der Waals surface area contributed by atoms with Crippen molar-refractivity contribution in [3.8, 4) is 0 Å². The summed E-state index contributed by atoms with van der Waals surface area (Å²) in [5.41, 5.74) is 1.37. The molecule has 1 aliphatic heterocycles. The molecule has 98 valence electrons. The lowest BCUT2D eigenvalue weighted by atomic mass is 9.98. The Morgan fingerprint density at radius 1 is 1.16 bits per heavy atom. The minimum absolute atomic E-state index is 0.226. The van der Waals surface area contributed by atoms with E-state index < -0.39 is 0 Å². The van der Waals surface area contributed by atoms with E-state index in [1.807, 2.05) is 0 Å². The molecule has 0 bridgehead atoms. The average molecular weight is 253 g/mol. The first-order valence-electron chi connectivity index (χ1n) is 7.01. The molecule has 0 radical (unpaired) electrons. The summed E-state index contributed by atoms with van der Waals surface area (Å²) in [6, 6.07) is 15.0. The van der Waals surface area contributed by atoms with E-state index in [1.165, 1.54) is 16.3 Å². The third-order valence-corrected chi connectivity index (χ3v) is 4.01. The summed E-state index contributed by atoms with van der Waals surface area (Å²) >= 11 is 0. The number of fused-ring (bicyclic) bond motifs is 1. The Labute approximate surface area is 114 Å². The van der Waals surface area contributed by atoms with Gasteiger partial charge in [0.2, 0.25) is 0 Å². The quantitative estimate of drug-likeness (QED) is 0.783. The molecule has 1 atom stereocenters. The second-order valence-electron chi connectivity index (χ2n) is 5.41. The van der Waals surface area contributed by atoms with E-state index in [0.717, 1.165) is 38.8 Å². The SMILES string of the molecule is O=CC1CCCN(Cc2cccc3ccccc23)C1. The molecule has 1 aliphatic rings. The van der Waals surface area contributed by atoms with Crippen molar-refractivity contribution in [2.24, 2.45) is 5.92 Å². The second-order valence-corrected chi connectivity index (χ2v) is 5.41. The molecule has 1 saturated heterocycles. The molecule has 0 N–H and O–H groups in total. The Morgan fingerprint density at radius 3 is 2.89 bits per heavy atom. The first kappa shape index (κ1) is 12.4. The lowest BCUT2D eigenvalue weighted by Gasteiger charge is -2.30. The Hall–Kier alpha value is -1.67. The van der Waals surface area contributed by atoms with Crippen molar-refractivity contribution in [2.45, 2.75) is 19.4 Å². The van der Waals surface area contributed by atoms with Gasteiger partial charge in [0.15, 0.2) is 0 Å². The molecule has 0 aromatic heterocycles. The molecule has 1 fully saturated rings. The van der Waals surface area contributed by atoms with Crippen molar-refractivity contribution in [1.29, 1.82) is 0 Å². The zero-order chi connectivity index (χ0) is 13.1. The van der Waals surface area contributed by atoms with Crippen molar-refractivity contribution < 1.29 is 4.79 Å². The maximum absolute atomic E-state index is 10.9. The summed E-state index contributed by atoms with van der Waals surface area (Å²) in [5, 5.41) is 2.63. The summed E-state index contributed by atoms with van der Waals surface area (Å²) in [6.45, 7) is 2.96. The van der Waals surface area contributed by atoms with Crippen LogP contribution in [0.15, 0.2) is 42.5 Å². The van der Waals surface area contributed by atoms with E-state index in [-0.39, 0.29) is 5.92 Å². The first-order chi connectivity index (χ1) is 9.36. The number of nitrogens with zero attached hydrogens (tertiary/aromatic N) is 1. The third-order valence-electron chi connectivity index (χ3n) is 4.01. The smallest absolute Gasteiger partial charge is 0.124 e. The van der Waals surface area contributed by atoms with Crippen molar-refractivity contribution >= 4 is 17.1 Å². The van der Waals surface area contributed by atoms with Gasteiger partial charge < -0.3 is 4.79 Å². The minimum Gasteiger partial charge on any atom is -0.303 e. The number of rotatable bonds is 3. The summed E-state index contributed by atoms with van der Waals surface area (Å²) in [6.07, 6.45) is 3.30. The zero-order valence-corrected chi connectivity index (χ0v) is 11.1. The highest BCUT2D eigenvalue weighted by Gasteiger charge is 2.19. The Morgan fingerprint density at radius 2 is 2.00 bits per heavy atom. The molecule has 0 saturated carbocycles. The van der Waals surface area contributed by atoms with Crippen LogP contribution >= 0.6 is 0 Å². The predicted molar refractivity (Wildman–Crippen MR) is 78.0 cm³/mol. The van der Waals surface area contributed by atoms with Crippen LogP contribution in [0.25, 0.3) is 10.8 Å². The number of likely N-dealkylation sites (tertiary alicyclic amines) is 1. The number of benzene rings is 2. The van der Waals surface area contributed by atoms with Crippen LogP contribution in [0, 0.1) is 5.92 Å². The van der Waals surface area contributed by atoms with Gasteiger partial charge in [-0.2, -0.15) is 0 Å². The first-order valence-corrected chi connectivity index (χ1v) is 7.01. The number of piperidine rings is 1. The normalized spacial score (nSPS) is 20.5. The number of hydrogen-bond acceptors (Lipinski definition) is 2. The molecule has 1 unspecified atom stereocenters. The maximum atomic E-state index is 10.9. The van der Waals surface area contributed by atoms with Crippen LogP contribution in [0.2, 0.25) is 0 Å². The molecule has 0 amide bonds. The van der Waals surface area contributed by atoms with Gasteiger partial charge in [0, 0.05) is 19.0 Å². The van der Waals surface area contributed by atoms with Gasteiger partial charge in [-0.25, -0.2) is 0 Å². The van der Waals surface area contributed by atoms with Gasteiger partial charge in [-0.15, -0.1) is 0 Å². The van der Waals surface area contributed by atoms with E-state index in [1.54, 1.807) is 0 Å². The van der Waals surface area contributed by atoms with Crippen molar-refractivity contribution in [1.82, 2.24) is 4.90 Å². The molecule has 1 heterocycles. The second kappa shape index (κ2) is 5.54. The van der Waals surface area contributed by atoms with Gasteiger partial charge >= 0.3 is 0 Å². The topological polar surface area (TPSA) is 20.3 Å². The summed E-state index contributed by atoms with van der Waals surface area (Å²) in [7, 11) is 0. The number of aldehydes is 1. The van der Waals surface area contributed by atoms with Gasteiger partial charge in [0.05, 0.1) is 0 Å². The molecule has 19 heavy (non-hydrogen) atoms. The fourth-order valence-corrected chi connectivity index (χ4v) is 3.02. The van der Waals surface area contributed by atoms with Crippen LogP contribution < -0.4 is 0 Å². The standard InChI is InChI=1S/C17H19NO/c19-13-14-5-4-10-18(11-14)12-16-8-3-7-15-6-1-2-9-17(15)16/h1-3,6-9,13-14H,4-5,10-12H2. The van der Waals surface area contributed by atoms with Crippen LogP contribution in [0.5, 0.6) is 0 Å². The molecule has 3 rings (SSSR count). The number of carbonyl (C=O) groups is 1. The lowest BCUT2D eigenvalue weighted by Crippen LogP contribution is -2.35. The van der Waals surface area contributed by atoms with E-state index in [2.05, 4.69) is 47.4 Å². The third kappa shape index (κ3) is 2.69. The summed E-state index contributed by atoms with van der Waals surface area (Å²) < 4.78 is 0. The van der Waals surface area contributed by atoms with Gasteiger partial charge in [-0.1, -0.05) is 42.5 Å². The largest absolute Gasteiger partial charge is 0.303 e. The number of hydrogen-bond donors (Lipinski definition) is 0. The highest BCUT2D eigenvalue weighted by molar-refractivity contribution is 5.85. The average Bonchev–Trinajstić information content (AvgIpc) is 2.48. The molecular formula is C17H19NO. The van der Waals surface area contributed by atoms with E-state index in [0.29, 0.717) is 0 Å². The fourth-order valence-electron chi connectivity index (χ4n) is 3.02.